The summed E-state index contributed by atoms with van der Waals surface area (Å²) < 4.78 is 0. The lowest BCUT2D eigenvalue weighted by molar-refractivity contribution is 0.102. The third-order valence-electron chi connectivity index (χ3n) is 4.58. The summed E-state index contributed by atoms with van der Waals surface area (Å²) in [5.41, 5.74) is 5.27. The van der Waals surface area contributed by atoms with Crippen LogP contribution in [0.25, 0.3) is 0 Å². The molecule has 3 N–H and O–H groups in total. The van der Waals surface area contributed by atoms with Crippen molar-refractivity contribution in [1.82, 2.24) is 0 Å². The average molecular weight is 382 g/mol. The molecule has 0 unspecified atom stereocenters. The smallest absolute Gasteiger partial charge is 0.255 e. The minimum atomic E-state index is -0.215. The Morgan fingerprint density at radius 3 is 2.34 bits per heavy atom. The van der Waals surface area contributed by atoms with Gasteiger partial charge in [0.25, 0.3) is 5.91 Å². The van der Waals surface area contributed by atoms with Gasteiger partial charge in [-0.3, -0.25) is 4.79 Å². The molecule has 5 heteroatoms. The normalized spacial score (nSPS) is 10.1. The summed E-state index contributed by atoms with van der Waals surface area (Å²) >= 11 is 0. The molecule has 0 radical (unpaired) electrons. The van der Waals surface area contributed by atoms with Crippen molar-refractivity contribution in [2.75, 3.05) is 10.6 Å². The van der Waals surface area contributed by atoms with Crippen LogP contribution < -0.4 is 10.6 Å². The molecule has 0 fully saturated rings. The number of carbonyl (C=O) groups is 1. The van der Waals surface area contributed by atoms with E-state index in [4.69, 9.17) is 10.7 Å². The Kier molecular flexibility index (Phi) is 6.39. The Hall–Kier alpha value is -3.91. The van der Waals surface area contributed by atoms with Crippen molar-refractivity contribution in [3.63, 3.8) is 0 Å². The summed E-state index contributed by atoms with van der Waals surface area (Å²) in [5, 5.41) is 23.2. The molecule has 0 bridgehead atoms. The number of nitrogens with zero attached hydrogens (tertiary/aromatic N) is 1. The van der Waals surface area contributed by atoms with Gasteiger partial charge in [0.05, 0.1) is 11.6 Å². The van der Waals surface area contributed by atoms with Crippen LogP contribution in [0.3, 0.4) is 0 Å². The van der Waals surface area contributed by atoms with Crippen LogP contribution in [-0.4, -0.2) is 11.6 Å². The number of nitrogens with one attached hydrogen (secondary N) is 3. The van der Waals surface area contributed by atoms with Gasteiger partial charge in [0, 0.05) is 34.8 Å². The van der Waals surface area contributed by atoms with Gasteiger partial charge < -0.3 is 16.0 Å². The first-order valence-corrected chi connectivity index (χ1v) is 9.42. The first-order chi connectivity index (χ1) is 14.1. The van der Waals surface area contributed by atoms with Crippen LogP contribution in [0, 0.1) is 16.7 Å². The highest BCUT2D eigenvalue weighted by Crippen LogP contribution is 2.19. The number of carbonyl (C=O) groups excluding carboxylic acids is 1. The second-order valence-electron chi connectivity index (χ2n) is 6.57. The Morgan fingerprint density at radius 2 is 1.69 bits per heavy atom. The van der Waals surface area contributed by atoms with Gasteiger partial charge >= 0.3 is 0 Å². The SMILES string of the molecule is CCC(=N)c1ccccc1NCc1ccc(NC(=O)c2ccc(C#N)cc2)cc1. The Balaban J connectivity index is 1.61. The molecule has 0 saturated heterocycles. The van der Waals surface area contributed by atoms with Gasteiger partial charge in [-0.1, -0.05) is 37.3 Å². The van der Waals surface area contributed by atoms with E-state index in [1.807, 2.05) is 61.5 Å². The van der Waals surface area contributed by atoms with E-state index in [2.05, 4.69) is 10.6 Å². The molecule has 29 heavy (non-hydrogen) atoms. The summed E-state index contributed by atoms with van der Waals surface area (Å²) in [6.45, 7) is 2.60. The lowest BCUT2D eigenvalue weighted by Crippen LogP contribution is -2.12. The molecule has 3 rings (SSSR count). The minimum absolute atomic E-state index is 0.215. The zero-order valence-corrected chi connectivity index (χ0v) is 16.2. The van der Waals surface area contributed by atoms with Crippen molar-refractivity contribution in [1.29, 1.82) is 10.7 Å². The number of hydrogen-bond donors (Lipinski definition) is 3. The maximum Gasteiger partial charge on any atom is 0.255 e. The largest absolute Gasteiger partial charge is 0.380 e. The van der Waals surface area contributed by atoms with Crippen LogP contribution in [0.5, 0.6) is 0 Å². The van der Waals surface area contributed by atoms with Crippen LogP contribution in [-0.2, 0) is 6.54 Å². The van der Waals surface area contributed by atoms with Crippen LogP contribution >= 0.6 is 0 Å². The molecule has 0 saturated carbocycles. The number of para-hydroxylation sites is 1. The fraction of sp³-hybridized carbons (Fsp3) is 0.125. The van der Waals surface area contributed by atoms with Crippen molar-refractivity contribution in [2.24, 2.45) is 0 Å². The first-order valence-electron chi connectivity index (χ1n) is 9.42. The van der Waals surface area contributed by atoms with E-state index in [9.17, 15) is 4.79 Å². The standard InChI is InChI=1S/C24H22N4O/c1-2-22(26)21-5-3-4-6-23(21)27-16-18-9-13-20(14-10-18)28-24(29)19-11-7-17(15-25)8-12-19/h3-14,26-27H,2,16H2,1H3,(H,28,29). The summed E-state index contributed by atoms with van der Waals surface area (Å²) in [5.74, 6) is -0.215. The van der Waals surface area contributed by atoms with E-state index in [-0.39, 0.29) is 5.91 Å². The third-order valence-corrected chi connectivity index (χ3v) is 4.58. The highest BCUT2D eigenvalue weighted by Gasteiger charge is 2.07. The maximum absolute atomic E-state index is 12.3. The predicted molar refractivity (Wildman–Crippen MR) is 116 cm³/mol. The molecule has 144 valence electrons. The van der Waals surface area contributed by atoms with Gasteiger partial charge in [-0.05, 0) is 54.4 Å². The molecule has 0 spiro atoms. The van der Waals surface area contributed by atoms with Gasteiger partial charge in [0.2, 0.25) is 0 Å². The molecule has 0 aliphatic heterocycles. The van der Waals surface area contributed by atoms with Gasteiger partial charge in [0.1, 0.15) is 0 Å². The van der Waals surface area contributed by atoms with Crippen LogP contribution in [0.2, 0.25) is 0 Å². The number of nitriles is 1. The fourth-order valence-corrected chi connectivity index (χ4v) is 2.89. The summed E-state index contributed by atoms with van der Waals surface area (Å²) in [7, 11) is 0. The number of rotatable bonds is 7. The van der Waals surface area contributed by atoms with Gasteiger partial charge in [-0.2, -0.15) is 5.26 Å². The van der Waals surface area contributed by atoms with Crippen molar-refractivity contribution >= 4 is 23.0 Å². The maximum atomic E-state index is 12.3. The average Bonchev–Trinajstić information content (AvgIpc) is 2.78. The number of amides is 1. The van der Waals surface area contributed by atoms with E-state index >= 15 is 0 Å². The summed E-state index contributed by atoms with van der Waals surface area (Å²) in [6.07, 6.45) is 0.687. The molecule has 0 aliphatic carbocycles. The van der Waals surface area contributed by atoms with E-state index in [0.717, 1.165) is 16.8 Å². The second kappa shape index (κ2) is 9.34. The van der Waals surface area contributed by atoms with E-state index in [1.54, 1.807) is 24.3 Å². The van der Waals surface area contributed by atoms with E-state index < -0.39 is 0 Å². The Morgan fingerprint density at radius 1 is 1.00 bits per heavy atom. The number of benzene rings is 3. The number of hydrogen-bond acceptors (Lipinski definition) is 4. The van der Waals surface area contributed by atoms with Gasteiger partial charge in [-0.25, -0.2) is 0 Å². The van der Waals surface area contributed by atoms with Crippen molar-refractivity contribution in [3.8, 4) is 6.07 Å². The zero-order valence-electron chi connectivity index (χ0n) is 16.2. The fourth-order valence-electron chi connectivity index (χ4n) is 2.89. The molecule has 0 atom stereocenters. The molecular weight excluding hydrogens is 360 g/mol. The summed E-state index contributed by atoms with van der Waals surface area (Å²) in [6, 6.07) is 24.0. The van der Waals surface area contributed by atoms with Crippen molar-refractivity contribution in [2.45, 2.75) is 19.9 Å². The Labute approximate surface area is 170 Å². The highest BCUT2D eigenvalue weighted by atomic mass is 16.1. The van der Waals surface area contributed by atoms with Gasteiger partial charge in [0.15, 0.2) is 0 Å². The van der Waals surface area contributed by atoms with Crippen molar-refractivity contribution in [3.05, 3.63) is 95.1 Å². The molecule has 3 aromatic rings. The summed E-state index contributed by atoms with van der Waals surface area (Å²) in [4.78, 5) is 12.3. The van der Waals surface area contributed by atoms with E-state index in [0.29, 0.717) is 35.5 Å². The molecular formula is C24H22N4O. The molecule has 5 nitrogen and oxygen atoms in total. The highest BCUT2D eigenvalue weighted by molar-refractivity contribution is 6.04. The quantitative estimate of drug-likeness (QED) is 0.491. The lowest BCUT2D eigenvalue weighted by Gasteiger charge is -2.13. The molecule has 0 aliphatic rings. The molecule has 0 heterocycles. The monoisotopic (exact) mass is 382 g/mol. The molecule has 1 amide bonds. The van der Waals surface area contributed by atoms with Crippen LogP contribution in [0.4, 0.5) is 11.4 Å². The molecule has 0 aromatic heterocycles. The minimum Gasteiger partial charge on any atom is -0.380 e. The van der Waals surface area contributed by atoms with Gasteiger partial charge in [-0.15, -0.1) is 0 Å². The predicted octanol–water partition coefficient (Wildman–Crippen LogP) is 5.20. The number of anilines is 2. The van der Waals surface area contributed by atoms with E-state index in [1.165, 1.54) is 0 Å². The topological polar surface area (TPSA) is 88.8 Å². The lowest BCUT2D eigenvalue weighted by atomic mass is 10.1. The molecule has 3 aromatic carbocycles. The van der Waals surface area contributed by atoms with Crippen LogP contribution in [0.15, 0.2) is 72.8 Å². The first kappa shape index (κ1) is 19.8. The third kappa shape index (κ3) is 5.08. The zero-order chi connectivity index (χ0) is 20.6. The second-order valence-corrected chi connectivity index (χ2v) is 6.57. The van der Waals surface area contributed by atoms with Crippen molar-refractivity contribution < 1.29 is 4.79 Å². The Bertz CT molecular complexity index is 1050. The van der Waals surface area contributed by atoms with Crippen LogP contribution in [0.1, 0.15) is 40.4 Å².